The summed E-state index contributed by atoms with van der Waals surface area (Å²) in [6.07, 6.45) is 14.8. The van der Waals surface area contributed by atoms with Gasteiger partial charge in [0.25, 0.3) is 0 Å². The van der Waals surface area contributed by atoms with E-state index in [4.69, 9.17) is 0 Å². The lowest BCUT2D eigenvalue weighted by Gasteiger charge is -2.34. The third kappa shape index (κ3) is 3.56. The Labute approximate surface area is 106 Å². The Morgan fingerprint density at radius 2 is 1.59 bits per heavy atom. The molecule has 98 valence electrons. The molecular weight excluding hydrogens is 208 g/mol. The van der Waals surface area contributed by atoms with E-state index in [1.807, 2.05) is 0 Å². The van der Waals surface area contributed by atoms with Gasteiger partial charge in [-0.1, -0.05) is 51.9 Å². The van der Waals surface area contributed by atoms with Gasteiger partial charge in [0.1, 0.15) is 6.29 Å². The maximum absolute atomic E-state index is 11.1. The SMILES string of the molecule is CCC1CCC(CC2CCCCC2C=O)CC1. The summed E-state index contributed by atoms with van der Waals surface area (Å²) in [5, 5.41) is 0. The summed E-state index contributed by atoms with van der Waals surface area (Å²) in [5.41, 5.74) is 0. The van der Waals surface area contributed by atoms with Gasteiger partial charge < -0.3 is 4.79 Å². The summed E-state index contributed by atoms with van der Waals surface area (Å²) in [6.45, 7) is 2.33. The van der Waals surface area contributed by atoms with Gasteiger partial charge in [0.2, 0.25) is 0 Å². The highest BCUT2D eigenvalue weighted by Gasteiger charge is 2.29. The molecule has 0 radical (unpaired) electrons. The van der Waals surface area contributed by atoms with Crippen molar-refractivity contribution in [2.75, 3.05) is 0 Å². The molecule has 0 bridgehead atoms. The van der Waals surface area contributed by atoms with Gasteiger partial charge in [-0.2, -0.15) is 0 Å². The Morgan fingerprint density at radius 1 is 0.941 bits per heavy atom. The van der Waals surface area contributed by atoms with Crippen LogP contribution < -0.4 is 0 Å². The molecule has 2 rings (SSSR count). The first-order chi connectivity index (χ1) is 8.33. The fourth-order valence-corrected chi connectivity index (χ4v) is 4.01. The van der Waals surface area contributed by atoms with Crippen molar-refractivity contribution in [2.24, 2.45) is 23.7 Å². The van der Waals surface area contributed by atoms with E-state index in [1.165, 1.54) is 70.5 Å². The predicted octanol–water partition coefficient (Wildman–Crippen LogP) is 4.60. The summed E-state index contributed by atoms with van der Waals surface area (Å²) >= 11 is 0. The van der Waals surface area contributed by atoms with Crippen LogP contribution in [0.2, 0.25) is 0 Å². The Balaban J connectivity index is 1.78. The minimum absolute atomic E-state index is 0.396. The minimum atomic E-state index is 0.396. The van der Waals surface area contributed by atoms with Crippen molar-refractivity contribution >= 4 is 6.29 Å². The Hall–Kier alpha value is -0.330. The topological polar surface area (TPSA) is 17.1 Å². The van der Waals surface area contributed by atoms with Gasteiger partial charge in [-0.05, 0) is 37.0 Å². The monoisotopic (exact) mass is 236 g/mol. The molecule has 2 saturated carbocycles. The Morgan fingerprint density at radius 3 is 2.24 bits per heavy atom. The van der Waals surface area contributed by atoms with Gasteiger partial charge in [-0.25, -0.2) is 0 Å². The highest BCUT2D eigenvalue weighted by Crippen LogP contribution is 2.39. The fraction of sp³-hybridized carbons (Fsp3) is 0.938. The van der Waals surface area contributed by atoms with E-state index in [2.05, 4.69) is 6.92 Å². The molecule has 2 aliphatic rings. The molecule has 2 fully saturated rings. The second-order valence-corrected chi connectivity index (χ2v) is 6.38. The lowest BCUT2D eigenvalue weighted by Crippen LogP contribution is -2.25. The molecule has 0 N–H and O–H groups in total. The Bertz CT molecular complexity index is 228. The number of hydrogen-bond donors (Lipinski definition) is 0. The van der Waals surface area contributed by atoms with E-state index in [-0.39, 0.29) is 0 Å². The van der Waals surface area contributed by atoms with Crippen LogP contribution in [-0.2, 0) is 4.79 Å². The molecule has 0 aromatic heterocycles. The van der Waals surface area contributed by atoms with Gasteiger partial charge in [-0.3, -0.25) is 0 Å². The minimum Gasteiger partial charge on any atom is -0.303 e. The summed E-state index contributed by atoms with van der Waals surface area (Å²) in [5.74, 6) is 3.06. The maximum atomic E-state index is 11.1. The molecule has 1 nitrogen and oxygen atoms in total. The van der Waals surface area contributed by atoms with E-state index in [9.17, 15) is 4.79 Å². The van der Waals surface area contributed by atoms with E-state index in [1.54, 1.807) is 0 Å². The second-order valence-electron chi connectivity index (χ2n) is 6.38. The zero-order valence-corrected chi connectivity index (χ0v) is 11.4. The average molecular weight is 236 g/mol. The van der Waals surface area contributed by atoms with Crippen LogP contribution in [0.15, 0.2) is 0 Å². The smallest absolute Gasteiger partial charge is 0.123 e. The van der Waals surface area contributed by atoms with Crippen molar-refractivity contribution in [1.82, 2.24) is 0 Å². The first kappa shape index (κ1) is 13.1. The molecule has 0 aromatic rings. The predicted molar refractivity (Wildman–Crippen MR) is 71.9 cm³/mol. The van der Waals surface area contributed by atoms with Gasteiger partial charge in [-0.15, -0.1) is 0 Å². The molecule has 0 saturated heterocycles. The largest absolute Gasteiger partial charge is 0.303 e. The van der Waals surface area contributed by atoms with Crippen LogP contribution in [0.1, 0.15) is 71.1 Å². The zero-order chi connectivity index (χ0) is 12.1. The van der Waals surface area contributed by atoms with Crippen LogP contribution in [0.3, 0.4) is 0 Å². The van der Waals surface area contributed by atoms with E-state index in [0.717, 1.165) is 17.8 Å². The zero-order valence-electron chi connectivity index (χ0n) is 11.4. The average Bonchev–Trinajstić information content (AvgIpc) is 2.40. The van der Waals surface area contributed by atoms with Crippen molar-refractivity contribution in [1.29, 1.82) is 0 Å². The maximum Gasteiger partial charge on any atom is 0.123 e. The van der Waals surface area contributed by atoms with Crippen LogP contribution in [0, 0.1) is 23.7 Å². The number of rotatable bonds is 4. The summed E-state index contributed by atoms with van der Waals surface area (Å²) in [7, 11) is 0. The van der Waals surface area contributed by atoms with Crippen molar-refractivity contribution in [3.8, 4) is 0 Å². The molecule has 2 atom stereocenters. The van der Waals surface area contributed by atoms with Crippen molar-refractivity contribution in [3.63, 3.8) is 0 Å². The third-order valence-electron chi connectivity index (χ3n) is 5.32. The van der Waals surface area contributed by atoms with E-state index in [0.29, 0.717) is 5.92 Å². The molecular formula is C16H28O. The lowest BCUT2D eigenvalue weighted by molar-refractivity contribution is -0.113. The molecule has 0 aliphatic heterocycles. The molecule has 1 heteroatoms. The van der Waals surface area contributed by atoms with Crippen LogP contribution >= 0.6 is 0 Å². The number of hydrogen-bond acceptors (Lipinski definition) is 1. The molecule has 0 spiro atoms. The quantitative estimate of drug-likeness (QED) is 0.652. The molecule has 0 heterocycles. The van der Waals surface area contributed by atoms with Gasteiger partial charge in [0.05, 0.1) is 0 Å². The number of carbonyl (C=O) groups is 1. The molecule has 0 aromatic carbocycles. The Kier molecular flexibility index (Phi) is 5.06. The number of carbonyl (C=O) groups excluding carboxylic acids is 1. The van der Waals surface area contributed by atoms with Crippen molar-refractivity contribution in [2.45, 2.75) is 71.1 Å². The lowest BCUT2D eigenvalue weighted by atomic mass is 9.71. The highest BCUT2D eigenvalue weighted by molar-refractivity contribution is 5.54. The summed E-state index contributed by atoms with van der Waals surface area (Å²) in [6, 6.07) is 0. The first-order valence-electron chi connectivity index (χ1n) is 7.78. The summed E-state index contributed by atoms with van der Waals surface area (Å²) in [4.78, 5) is 11.1. The van der Waals surface area contributed by atoms with Crippen LogP contribution in [-0.4, -0.2) is 6.29 Å². The molecule has 17 heavy (non-hydrogen) atoms. The molecule has 2 aliphatic carbocycles. The van der Waals surface area contributed by atoms with Crippen LogP contribution in [0.4, 0.5) is 0 Å². The second kappa shape index (κ2) is 6.56. The summed E-state index contributed by atoms with van der Waals surface area (Å²) < 4.78 is 0. The van der Waals surface area contributed by atoms with Gasteiger partial charge in [0.15, 0.2) is 0 Å². The standard InChI is InChI=1S/C16H28O/c1-2-13-7-9-14(10-8-13)11-15-5-3-4-6-16(15)12-17/h12-16H,2-11H2,1H3. The van der Waals surface area contributed by atoms with Crippen molar-refractivity contribution in [3.05, 3.63) is 0 Å². The normalized spacial score (nSPS) is 38.9. The first-order valence-corrected chi connectivity index (χ1v) is 7.78. The van der Waals surface area contributed by atoms with E-state index < -0.39 is 0 Å². The third-order valence-corrected chi connectivity index (χ3v) is 5.32. The number of aldehydes is 1. The fourth-order valence-electron chi connectivity index (χ4n) is 4.01. The molecule has 0 amide bonds. The van der Waals surface area contributed by atoms with Crippen LogP contribution in [0.25, 0.3) is 0 Å². The highest BCUT2D eigenvalue weighted by atomic mass is 16.1. The van der Waals surface area contributed by atoms with Gasteiger partial charge in [0, 0.05) is 5.92 Å². The van der Waals surface area contributed by atoms with Crippen LogP contribution in [0.5, 0.6) is 0 Å². The molecule has 2 unspecified atom stereocenters. The van der Waals surface area contributed by atoms with Crippen molar-refractivity contribution < 1.29 is 4.79 Å². The van der Waals surface area contributed by atoms with E-state index >= 15 is 0 Å². The van der Waals surface area contributed by atoms with Gasteiger partial charge >= 0.3 is 0 Å².